The fraction of sp³-hybridized carbons (Fsp3) is 0. The van der Waals surface area contributed by atoms with Crippen molar-refractivity contribution in [1.29, 1.82) is 0 Å². The van der Waals surface area contributed by atoms with Gasteiger partial charge in [0.2, 0.25) is 0 Å². The molecule has 0 heterocycles. The lowest BCUT2D eigenvalue weighted by atomic mass is 10.2. The number of nitrogens with one attached hydrogen (secondary N) is 2. The topological polar surface area (TPSA) is 84.3 Å². The quantitative estimate of drug-likeness (QED) is 0.448. The smallest absolute Gasteiger partial charge is 0.288 e. The van der Waals surface area contributed by atoms with Crippen molar-refractivity contribution in [2.24, 2.45) is 0 Å². The first kappa shape index (κ1) is 17.3. The lowest BCUT2D eigenvalue weighted by molar-refractivity contribution is -0.384. The molecule has 0 spiro atoms. The Morgan fingerprint density at radius 1 is 1.26 bits per heavy atom. The molecule has 23 heavy (non-hydrogen) atoms. The molecule has 0 atom stereocenters. The summed E-state index contributed by atoms with van der Waals surface area (Å²) in [6.45, 7) is 0. The number of hydrogen-bond acceptors (Lipinski definition) is 4. The van der Waals surface area contributed by atoms with Crippen LogP contribution in [-0.2, 0) is 0 Å². The predicted molar refractivity (Wildman–Crippen MR) is 95.9 cm³/mol. The number of para-hydroxylation sites is 1. The van der Waals surface area contributed by atoms with Crippen LogP contribution in [0.15, 0.2) is 46.9 Å². The van der Waals surface area contributed by atoms with E-state index in [4.69, 9.17) is 23.8 Å². The van der Waals surface area contributed by atoms with Gasteiger partial charge >= 0.3 is 0 Å². The van der Waals surface area contributed by atoms with Crippen LogP contribution in [0.4, 0.5) is 11.4 Å². The molecule has 1 amide bonds. The van der Waals surface area contributed by atoms with E-state index in [1.807, 2.05) is 12.1 Å². The van der Waals surface area contributed by atoms with Crippen molar-refractivity contribution in [3.05, 3.63) is 67.6 Å². The van der Waals surface area contributed by atoms with E-state index in [0.29, 0.717) is 5.69 Å². The maximum absolute atomic E-state index is 12.1. The highest BCUT2D eigenvalue weighted by atomic mass is 79.9. The molecule has 0 aliphatic heterocycles. The standard InChI is InChI=1S/C14H9BrClN3O3S/c15-9-3-1-2-4-11(9)17-14(23)18-13(20)8-5-6-10(16)12(7-8)19(21)22/h1-7H,(H2,17,18,20,23). The van der Waals surface area contributed by atoms with Crippen LogP contribution in [0.5, 0.6) is 0 Å². The monoisotopic (exact) mass is 413 g/mol. The molecule has 6 nitrogen and oxygen atoms in total. The van der Waals surface area contributed by atoms with E-state index < -0.39 is 10.8 Å². The SMILES string of the molecule is O=C(NC(=S)Nc1ccccc1Br)c1ccc(Cl)c([N+](=O)[O-])c1. The number of carbonyl (C=O) groups is 1. The van der Waals surface area contributed by atoms with Crippen LogP contribution in [0.3, 0.4) is 0 Å². The van der Waals surface area contributed by atoms with Gasteiger partial charge in [-0.25, -0.2) is 0 Å². The van der Waals surface area contributed by atoms with E-state index in [1.54, 1.807) is 12.1 Å². The molecular weight excluding hydrogens is 406 g/mol. The molecule has 0 aliphatic rings. The molecular formula is C14H9BrClN3O3S. The summed E-state index contributed by atoms with van der Waals surface area (Å²) < 4.78 is 0.777. The van der Waals surface area contributed by atoms with Crippen molar-refractivity contribution in [1.82, 2.24) is 5.32 Å². The largest absolute Gasteiger partial charge is 0.331 e. The maximum atomic E-state index is 12.1. The van der Waals surface area contributed by atoms with E-state index in [2.05, 4.69) is 26.6 Å². The predicted octanol–water partition coefficient (Wildman–Crippen LogP) is 4.14. The maximum Gasteiger partial charge on any atom is 0.288 e. The number of anilines is 1. The number of thiocarbonyl (C=S) groups is 1. The van der Waals surface area contributed by atoms with Gasteiger partial charge in [-0.1, -0.05) is 23.7 Å². The number of hydrogen-bond donors (Lipinski definition) is 2. The first-order chi connectivity index (χ1) is 10.9. The third kappa shape index (κ3) is 4.47. The van der Waals surface area contributed by atoms with Gasteiger partial charge in [0.25, 0.3) is 11.6 Å². The van der Waals surface area contributed by atoms with Gasteiger partial charge in [-0.15, -0.1) is 0 Å². The van der Waals surface area contributed by atoms with Crippen LogP contribution >= 0.6 is 39.7 Å². The van der Waals surface area contributed by atoms with Gasteiger partial charge in [-0.3, -0.25) is 20.2 Å². The lowest BCUT2D eigenvalue weighted by Gasteiger charge is -2.11. The molecule has 118 valence electrons. The third-order valence-electron chi connectivity index (χ3n) is 2.75. The van der Waals surface area contributed by atoms with Crippen LogP contribution in [0.25, 0.3) is 0 Å². The molecule has 0 saturated heterocycles. The molecule has 2 rings (SSSR count). The average Bonchev–Trinajstić information content (AvgIpc) is 2.49. The van der Waals surface area contributed by atoms with Gasteiger partial charge in [0.05, 0.1) is 10.6 Å². The van der Waals surface area contributed by atoms with Crippen LogP contribution < -0.4 is 10.6 Å². The first-order valence-corrected chi connectivity index (χ1v) is 7.77. The Morgan fingerprint density at radius 2 is 1.96 bits per heavy atom. The molecule has 0 fully saturated rings. The minimum Gasteiger partial charge on any atom is -0.331 e. The van der Waals surface area contributed by atoms with Crippen molar-refractivity contribution in [2.45, 2.75) is 0 Å². The molecule has 0 radical (unpaired) electrons. The van der Waals surface area contributed by atoms with Gasteiger partial charge in [0.15, 0.2) is 5.11 Å². The van der Waals surface area contributed by atoms with Gasteiger partial charge in [0.1, 0.15) is 5.02 Å². The first-order valence-electron chi connectivity index (χ1n) is 6.19. The van der Waals surface area contributed by atoms with Crippen LogP contribution in [0, 0.1) is 10.1 Å². The van der Waals surface area contributed by atoms with E-state index >= 15 is 0 Å². The molecule has 0 aromatic heterocycles. The summed E-state index contributed by atoms with van der Waals surface area (Å²) in [4.78, 5) is 22.3. The summed E-state index contributed by atoms with van der Waals surface area (Å²) >= 11 is 14.1. The summed E-state index contributed by atoms with van der Waals surface area (Å²) in [6, 6.07) is 11.0. The van der Waals surface area contributed by atoms with Gasteiger partial charge in [0, 0.05) is 16.1 Å². The van der Waals surface area contributed by atoms with Crippen molar-refractivity contribution in [3.8, 4) is 0 Å². The zero-order chi connectivity index (χ0) is 17.0. The Kier molecular flexibility index (Phi) is 5.64. The molecule has 2 aromatic rings. The molecule has 0 saturated carbocycles. The fourth-order valence-electron chi connectivity index (χ4n) is 1.69. The molecule has 0 unspecified atom stereocenters. The van der Waals surface area contributed by atoms with E-state index in [1.165, 1.54) is 12.1 Å². The number of carbonyl (C=O) groups excluding carboxylic acids is 1. The normalized spacial score (nSPS) is 10.0. The third-order valence-corrected chi connectivity index (χ3v) is 3.97. The molecule has 0 bridgehead atoms. The Morgan fingerprint density at radius 3 is 2.61 bits per heavy atom. The zero-order valence-corrected chi connectivity index (χ0v) is 14.5. The molecule has 2 aromatic carbocycles. The molecule has 9 heteroatoms. The highest BCUT2D eigenvalue weighted by Crippen LogP contribution is 2.25. The van der Waals surface area contributed by atoms with Gasteiger partial charge in [-0.05, 0) is 52.4 Å². The van der Waals surface area contributed by atoms with Crippen LogP contribution in [0.1, 0.15) is 10.4 Å². The second-order valence-corrected chi connectivity index (χ2v) is 5.98. The highest BCUT2D eigenvalue weighted by molar-refractivity contribution is 9.10. The number of halogens is 2. The van der Waals surface area contributed by atoms with Crippen molar-refractivity contribution < 1.29 is 9.72 Å². The van der Waals surface area contributed by atoms with Crippen molar-refractivity contribution in [3.63, 3.8) is 0 Å². The number of nitro benzene ring substituents is 1. The summed E-state index contributed by atoms with van der Waals surface area (Å²) in [5, 5.41) is 16.2. The fourth-order valence-corrected chi connectivity index (χ4v) is 2.46. The number of nitrogens with zero attached hydrogens (tertiary/aromatic N) is 1. The second-order valence-electron chi connectivity index (χ2n) is 4.31. The zero-order valence-electron chi connectivity index (χ0n) is 11.4. The minimum atomic E-state index is -0.656. The van der Waals surface area contributed by atoms with E-state index in [0.717, 1.165) is 10.5 Å². The van der Waals surface area contributed by atoms with Gasteiger partial charge < -0.3 is 5.32 Å². The highest BCUT2D eigenvalue weighted by Gasteiger charge is 2.17. The van der Waals surface area contributed by atoms with Crippen LogP contribution in [-0.4, -0.2) is 15.9 Å². The Bertz CT molecular complexity index is 801. The van der Waals surface area contributed by atoms with Crippen LogP contribution in [0.2, 0.25) is 5.02 Å². The van der Waals surface area contributed by atoms with Crippen molar-refractivity contribution >= 4 is 62.1 Å². The second kappa shape index (κ2) is 7.49. The van der Waals surface area contributed by atoms with Gasteiger partial charge in [-0.2, -0.15) is 0 Å². The Balaban J connectivity index is 2.10. The number of nitro groups is 1. The number of rotatable bonds is 3. The summed E-state index contributed by atoms with van der Waals surface area (Å²) in [5.41, 5.74) is 0.418. The lowest BCUT2D eigenvalue weighted by Crippen LogP contribution is -2.34. The molecule has 2 N–H and O–H groups in total. The summed E-state index contributed by atoms with van der Waals surface area (Å²) in [6.07, 6.45) is 0. The average molecular weight is 415 g/mol. The van der Waals surface area contributed by atoms with E-state index in [9.17, 15) is 14.9 Å². The number of amides is 1. The Hall–Kier alpha value is -2.03. The molecule has 0 aliphatic carbocycles. The Labute approximate surface area is 150 Å². The summed E-state index contributed by atoms with van der Waals surface area (Å²) in [5.74, 6) is -0.575. The number of benzene rings is 2. The minimum absolute atomic E-state index is 0.0412. The van der Waals surface area contributed by atoms with E-state index in [-0.39, 0.29) is 21.4 Å². The van der Waals surface area contributed by atoms with Crippen molar-refractivity contribution in [2.75, 3.05) is 5.32 Å². The summed E-state index contributed by atoms with van der Waals surface area (Å²) in [7, 11) is 0.